The van der Waals surface area contributed by atoms with Gasteiger partial charge in [-0.05, 0) is 96.3 Å². The summed E-state index contributed by atoms with van der Waals surface area (Å²) in [5.74, 6) is -0.878. The van der Waals surface area contributed by atoms with Gasteiger partial charge in [-0.15, -0.1) is 0 Å². The molecular weight excluding hydrogens is 961 g/mol. The summed E-state index contributed by atoms with van der Waals surface area (Å²) in [6.07, 6.45) is 87.7. The molecule has 0 aliphatic heterocycles. The van der Waals surface area contributed by atoms with E-state index in [2.05, 4.69) is 106 Å². The van der Waals surface area contributed by atoms with E-state index in [1.165, 1.54) is 180 Å². The SMILES string of the molecule is CC/C=C\C/C=C\C/C=C\C/C=C\C/C=C\CCCCCCCCCCCCCCCCCCCCCC(=O)OCC(COC(=O)CCCCCCCCCCC)OC(=O)CCCCCCC/C=C\C/C=C\CCCCCC. The number of carbonyl (C=O) groups excluding carboxylic acids is 3. The zero-order chi connectivity index (χ0) is 56.4. The lowest BCUT2D eigenvalue weighted by molar-refractivity contribution is -0.167. The first-order chi connectivity index (χ1) is 38.5. The fourth-order valence-corrected chi connectivity index (χ4v) is 9.62. The molecule has 0 aliphatic carbocycles. The second-order valence-electron chi connectivity index (χ2n) is 22.4. The first-order valence-electron chi connectivity index (χ1n) is 33.6. The highest BCUT2D eigenvalue weighted by atomic mass is 16.6. The normalized spacial score (nSPS) is 12.6. The van der Waals surface area contributed by atoms with Crippen molar-refractivity contribution in [3.05, 3.63) is 85.1 Å². The topological polar surface area (TPSA) is 78.9 Å². The lowest BCUT2D eigenvalue weighted by atomic mass is 10.0. The Kier molecular flexibility index (Phi) is 63.2. The van der Waals surface area contributed by atoms with Gasteiger partial charge in [0.2, 0.25) is 0 Å². The molecule has 0 N–H and O–H groups in total. The summed E-state index contributed by atoms with van der Waals surface area (Å²) < 4.78 is 16.9. The summed E-state index contributed by atoms with van der Waals surface area (Å²) in [6, 6.07) is 0. The van der Waals surface area contributed by atoms with E-state index < -0.39 is 6.10 Å². The van der Waals surface area contributed by atoms with Crippen molar-refractivity contribution in [1.82, 2.24) is 0 Å². The maximum Gasteiger partial charge on any atom is 0.306 e. The molecule has 450 valence electrons. The van der Waals surface area contributed by atoms with Crippen molar-refractivity contribution in [3.63, 3.8) is 0 Å². The number of unbranched alkanes of at least 4 members (excludes halogenated alkanes) is 36. The third-order valence-corrected chi connectivity index (χ3v) is 14.6. The second kappa shape index (κ2) is 66.1. The van der Waals surface area contributed by atoms with Crippen molar-refractivity contribution in [3.8, 4) is 0 Å². The summed E-state index contributed by atoms with van der Waals surface area (Å²) in [5.41, 5.74) is 0. The third-order valence-electron chi connectivity index (χ3n) is 14.6. The summed E-state index contributed by atoms with van der Waals surface area (Å²) in [4.78, 5) is 38.2. The van der Waals surface area contributed by atoms with Gasteiger partial charge in [0.1, 0.15) is 13.2 Å². The van der Waals surface area contributed by atoms with E-state index in [-0.39, 0.29) is 31.1 Å². The predicted octanol–water partition coefficient (Wildman–Crippen LogP) is 23.1. The predicted molar refractivity (Wildman–Crippen MR) is 339 cm³/mol. The minimum atomic E-state index is -0.779. The van der Waals surface area contributed by atoms with Crippen LogP contribution in [-0.2, 0) is 28.6 Å². The van der Waals surface area contributed by atoms with Crippen molar-refractivity contribution in [2.75, 3.05) is 13.2 Å². The van der Waals surface area contributed by atoms with Crippen LogP contribution >= 0.6 is 0 Å². The Bertz CT molecular complexity index is 1480. The number of allylic oxidation sites excluding steroid dienone is 14. The lowest BCUT2D eigenvalue weighted by Gasteiger charge is -2.18. The molecule has 0 radical (unpaired) electrons. The van der Waals surface area contributed by atoms with Crippen LogP contribution in [0.15, 0.2) is 85.1 Å². The molecule has 0 heterocycles. The maximum absolute atomic E-state index is 12.9. The van der Waals surface area contributed by atoms with Gasteiger partial charge < -0.3 is 14.2 Å². The van der Waals surface area contributed by atoms with E-state index >= 15 is 0 Å². The summed E-state index contributed by atoms with van der Waals surface area (Å²) in [5, 5.41) is 0. The monoisotopic (exact) mass is 1090 g/mol. The molecule has 1 unspecified atom stereocenters. The molecule has 6 nitrogen and oxygen atoms in total. The van der Waals surface area contributed by atoms with E-state index in [4.69, 9.17) is 14.2 Å². The summed E-state index contributed by atoms with van der Waals surface area (Å²) >= 11 is 0. The molecule has 0 rings (SSSR count). The van der Waals surface area contributed by atoms with Crippen LogP contribution in [0.2, 0.25) is 0 Å². The molecule has 0 fully saturated rings. The number of hydrogen-bond acceptors (Lipinski definition) is 6. The highest BCUT2D eigenvalue weighted by Gasteiger charge is 2.19. The maximum atomic E-state index is 12.9. The Hall–Kier alpha value is -3.41. The van der Waals surface area contributed by atoms with E-state index in [0.717, 1.165) is 116 Å². The summed E-state index contributed by atoms with van der Waals surface area (Å²) in [7, 11) is 0. The van der Waals surface area contributed by atoms with Gasteiger partial charge in [-0.2, -0.15) is 0 Å². The standard InChI is InChI=1S/C72H126O6/c1-4-7-10-13-16-19-21-23-25-27-28-29-30-31-32-33-34-35-36-37-38-39-40-41-42-43-44-45-47-48-50-53-56-59-62-65-71(74)77-68-69(67-76-70(73)64-61-58-55-52-18-15-12-9-6-3)78-72(75)66-63-60-57-54-51-49-46-26-24-22-20-17-14-11-8-5-2/h7,10,16,19-20,22-23,25-26,28-29,31-32,46,69H,4-6,8-9,11-15,17-18,21,24,27,30,33-45,47-68H2,1-3H3/b10-7-,19-16-,22-20-,25-23-,29-28-,32-31-,46-26-. The Morgan fingerprint density at radius 3 is 0.795 bits per heavy atom. The zero-order valence-electron chi connectivity index (χ0n) is 51.7. The van der Waals surface area contributed by atoms with Crippen LogP contribution in [0.1, 0.15) is 335 Å². The van der Waals surface area contributed by atoms with Crippen molar-refractivity contribution in [2.45, 2.75) is 341 Å². The van der Waals surface area contributed by atoms with Crippen molar-refractivity contribution in [2.24, 2.45) is 0 Å². The molecule has 0 aliphatic rings. The molecule has 0 aromatic rings. The van der Waals surface area contributed by atoms with Crippen LogP contribution in [0.5, 0.6) is 0 Å². The zero-order valence-corrected chi connectivity index (χ0v) is 51.7. The molecular formula is C72H126O6. The fraction of sp³-hybridized carbons (Fsp3) is 0.764. The average molecular weight is 1090 g/mol. The second-order valence-corrected chi connectivity index (χ2v) is 22.4. The van der Waals surface area contributed by atoms with Gasteiger partial charge in [-0.25, -0.2) is 0 Å². The van der Waals surface area contributed by atoms with Gasteiger partial charge in [0, 0.05) is 19.3 Å². The highest BCUT2D eigenvalue weighted by Crippen LogP contribution is 2.17. The highest BCUT2D eigenvalue weighted by molar-refractivity contribution is 5.71. The van der Waals surface area contributed by atoms with Gasteiger partial charge in [0.15, 0.2) is 6.10 Å². The van der Waals surface area contributed by atoms with Gasteiger partial charge >= 0.3 is 17.9 Å². The van der Waals surface area contributed by atoms with Crippen LogP contribution < -0.4 is 0 Å². The quantitative estimate of drug-likeness (QED) is 0.0261. The largest absolute Gasteiger partial charge is 0.462 e. The van der Waals surface area contributed by atoms with Crippen molar-refractivity contribution >= 4 is 17.9 Å². The Morgan fingerprint density at radius 2 is 0.500 bits per heavy atom. The molecule has 0 saturated carbocycles. The van der Waals surface area contributed by atoms with Crippen LogP contribution in [-0.4, -0.2) is 37.2 Å². The first-order valence-corrected chi connectivity index (χ1v) is 33.6. The van der Waals surface area contributed by atoms with Gasteiger partial charge in [0.25, 0.3) is 0 Å². The van der Waals surface area contributed by atoms with Gasteiger partial charge in [-0.1, -0.05) is 305 Å². The molecule has 0 spiro atoms. The average Bonchev–Trinajstić information content (AvgIpc) is 3.44. The van der Waals surface area contributed by atoms with E-state index in [0.29, 0.717) is 19.3 Å². The molecule has 0 aromatic heterocycles. The molecule has 78 heavy (non-hydrogen) atoms. The van der Waals surface area contributed by atoms with Crippen LogP contribution in [0, 0.1) is 0 Å². The molecule has 0 aromatic carbocycles. The fourth-order valence-electron chi connectivity index (χ4n) is 9.62. The smallest absolute Gasteiger partial charge is 0.306 e. The molecule has 0 saturated heterocycles. The van der Waals surface area contributed by atoms with Crippen molar-refractivity contribution < 1.29 is 28.6 Å². The first kappa shape index (κ1) is 74.6. The number of carbonyl (C=O) groups is 3. The Labute approximate surface area is 484 Å². The third kappa shape index (κ3) is 63.4. The molecule has 6 heteroatoms. The van der Waals surface area contributed by atoms with Crippen molar-refractivity contribution in [1.29, 1.82) is 0 Å². The number of esters is 3. The minimum Gasteiger partial charge on any atom is -0.462 e. The van der Waals surface area contributed by atoms with Gasteiger partial charge in [0.05, 0.1) is 0 Å². The molecule has 0 amide bonds. The molecule has 1 atom stereocenters. The van der Waals surface area contributed by atoms with Gasteiger partial charge in [-0.3, -0.25) is 14.4 Å². The number of rotatable bonds is 61. The van der Waals surface area contributed by atoms with Crippen LogP contribution in [0.3, 0.4) is 0 Å². The number of ether oxygens (including phenoxy) is 3. The van der Waals surface area contributed by atoms with E-state index in [1.807, 2.05) is 0 Å². The van der Waals surface area contributed by atoms with E-state index in [9.17, 15) is 14.4 Å². The minimum absolute atomic E-state index is 0.0768. The lowest BCUT2D eigenvalue weighted by Crippen LogP contribution is -2.30. The summed E-state index contributed by atoms with van der Waals surface area (Å²) in [6.45, 7) is 6.51. The number of hydrogen-bond donors (Lipinski definition) is 0. The molecule has 0 bridgehead atoms. The van der Waals surface area contributed by atoms with Crippen LogP contribution in [0.25, 0.3) is 0 Å². The van der Waals surface area contributed by atoms with E-state index in [1.54, 1.807) is 0 Å². The Morgan fingerprint density at radius 1 is 0.269 bits per heavy atom. The Balaban J connectivity index is 4.04. The van der Waals surface area contributed by atoms with Crippen LogP contribution in [0.4, 0.5) is 0 Å².